The number of urea groups is 2. The van der Waals surface area contributed by atoms with Crippen molar-refractivity contribution in [3.05, 3.63) is 18.2 Å². The Morgan fingerprint density at radius 3 is 1.38 bits per heavy atom. The zero-order valence-corrected chi connectivity index (χ0v) is 22.7. The molecule has 1 aromatic rings. The molecule has 1 aromatic heterocycles. The summed E-state index contributed by atoms with van der Waals surface area (Å²) in [5, 5.41) is 10.7. The molecule has 0 aliphatic heterocycles. The summed E-state index contributed by atoms with van der Waals surface area (Å²) in [6.45, 7) is 0.798. The molecular weight excluding hydrogens is 482 g/mol. The topological polar surface area (TPSA) is 151 Å². The van der Waals surface area contributed by atoms with E-state index in [1.54, 1.807) is 60.9 Å². The van der Waals surface area contributed by atoms with Crippen molar-refractivity contribution in [2.24, 2.45) is 0 Å². The zero-order chi connectivity index (χ0) is 25.5. The molecule has 0 bridgehead atoms. The van der Waals surface area contributed by atoms with E-state index >= 15 is 0 Å². The van der Waals surface area contributed by atoms with E-state index in [1.807, 2.05) is 0 Å². The number of anilines is 2. The molecule has 0 saturated carbocycles. The van der Waals surface area contributed by atoms with E-state index in [9.17, 15) is 9.59 Å². The molecule has 0 saturated heterocycles. The highest BCUT2D eigenvalue weighted by Gasteiger charge is 2.37. The molecule has 15 heteroatoms. The molecule has 0 aliphatic carbocycles. The molecule has 13 nitrogen and oxygen atoms in total. The fraction of sp³-hybridized carbons (Fsp3) is 0.632. The Hall–Kier alpha value is -2.12. The van der Waals surface area contributed by atoms with Gasteiger partial charge in [-0.1, -0.05) is 6.07 Å². The first-order chi connectivity index (χ1) is 16.3. The summed E-state index contributed by atoms with van der Waals surface area (Å²) in [5.41, 5.74) is 0. The smallest absolute Gasteiger partial charge is 0.377 e. The lowest BCUT2D eigenvalue weighted by Crippen LogP contribution is -2.43. The van der Waals surface area contributed by atoms with Gasteiger partial charge in [-0.3, -0.25) is 10.6 Å². The zero-order valence-electron chi connectivity index (χ0n) is 20.7. The number of nitrogens with zero attached hydrogens (tertiary/aromatic N) is 1. The second-order valence-corrected chi connectivity index (χ2v) is 13.1. The second kappa shape index (κ2) is 15.7. The third-order valence-electron chi connectivity index (χ3n) is 4.99. The summed E-state index contributed by atoms with van der Waals surface area (Å²) in [7, 11) is 3.94. The number of hydrogen-bond donors (Lipinski definition) is 4. The molecule has 0 aliphatic rings. The van der Waals surface area contributed by atoms with Crippen LogP contribution in [0.3, 0.4) is 0 Å². The van der Waals surface area contributed by atoms with Crippen LogP contribution < -0.4 is 21.3 Å². The van der Waals surface area contributed by atoms with Crippen molar-refractivity contribution < 1.29 is 36.1 Å². The Morgan fingerprint density at radius 1 is 0.706 bits per heavy atom. The average Bonchev–Trinajstić information content (AvgIpc) is 2.85. The Bertz CT molecular complexity index is 679. The Balaban J connectivity index is 2.41. The molecule has 0 radical (unpaired) electrons. The normalized spacial score (nSPS) is 11.7. The summed E-state index contributed by atoms with van der Waals surface area (Å²) in [4.78, 5) is 28.5. The maximum Gasteiger partial charge on any atom is 0.500 e. The maximum absolute atomic E-state index is 12.1. The van der Waals surface area contributed by atoms with Gasteiger partial charge < -0.3 is 37.2 Å². The highest BCUT2D eigenvalue weighted by Crippen LogP contribution is 2.15. The molecular formula is C19H37N5O8Si2. The highest BCUT2D eigenvalue weighted by molar-refractivity contribution is 6.60. The fourth-order valence-corrected chi connectivity index (χ4v) is 6.47. The van der Waals surface area contributed by atoms with E-state index < -0.39 is 29.7 Å². The number of hydrogen-bond acceptors (Lipinski definition) is 9. The van der Waals surface area contributed by atoms with E-state index in [0.717, 1.165) is 0 Å². The largest absolute Gasteiger partial charge is 0.500 e. The van der Waals surface area contributed by atoms with Crippen LogP contribution in [0, 0.1) is 0 Å². The van der Waals surface area contributed by atoms with E-state index in [4.69, 9.17) is 26.6 Å². The first-order valence-corrected chi connectivity index (χ1v) is 14.6. The second-order valence-electron chi connectivity index (χ2n) is 6.97. The first kappa shape index (κ1) is 29.9. The Kier molecular flexibility index (Phi) is 13.8. The van der Waals surface area contributed by atoms with Crippen LogP contribution in [-0.4, -0.2) is 90.4 Å². The molecule has 4 amide bonds. The molecule has 0 fully saturated rings. The first-order valence-electron chi connectivity index (χ1n) is 10.7. The molecule has 1 heterocycles. The van der Waals surface area contributed by atoms with Gasteiger partial charge in [-0.05, 0) is 25.0 Å². The SMILES string of the molecule is CO[Si](CCCNC(=O)Nc1cccc(NC(=O)NCCC[Si](OC)(OC)OC)n1)(OC)OC. The number of pyridine rings is 1. The van der Waals surface area contributed by atoms with Crippen molar-refractivity contribution >= 4 is 41.3 Å². The van der Waals surface area contributed by atoms with Gasteiger partial charge >= 0.3 is 29.7 Å². The minimum atomic E-state index is -2.66. The lowest BCUT2D eigenvalue weighted by atomic mass is 10.4. The lowest BCUT2D eigenvalue weighted by molar-refractivity contribution is 0.122. The van der Waals surface area contributed by atoms with Crippen LogP contribution in [0.25, 0.3) is 0 Å². The number of carbonyl (C=O) groups is 2. The maximum atomic E-state index is 12.1. The van der Waals surface area contributed by atoms with Crippen molar-refractivity contribution in [3.8, 4) is 0 Å². The molecule has 0 aromatic carbocycles. The molecule has 194 valence electrons. The molecule has 0 spiro atoms. The number of rotatable bonds is 16. The fourth-order valence-electron chi connectivity index (χ4n) is 3.02. The summed E-state index contributed by atoms with van der Waals surface area (Å²) < 4.78 is 32.1. The summed E-state index contributed by atoms with van der Waals surface area (Å²) >= 11 is 0. The van der Waals surface area contributed by atoms with Gasteiger partial charge in [0, 0.05) is 67.8 Å². The van der Waals surface area contributed by atoms with Crippen LogP contribution in [0.5, 0.6) is 0 Å². The minimum Gasteiger partial charge on any atom is -0.377 e. The van der Waals surface area contributed by atoms with Gasteiger partial charge in [0.15, 0.2) is 0 Å². The van der Waals surface area contributed by atoms with E-state index in [0.29, 0.717) is 49.7 Å². The van der Waals surface area contributed by atoms with Gasteiger partial charge in [0.05, 0.1) is 0 Å². The Labute approximate surface area is 202 Å². The number of nitrogens with one attached hydrogen (secondary N) is 4. The standard InChI is InChI=1S/C19H37N5O8Si2/c1-27-33(28-2,29-3)14-8-12-20-18(25)23-16-10-7-11-17(22-16)24-19(26)21-13-9-15-34(30-4,31-5)32-6/h7,10-11H,8-9,12-15H2,1-6H3,(H4,20,21,22,23,24,25,26). The van der Waals surface area contributed by atoms with Gasteiger partial charge in [-0.2, -0.15) is 0 Å². The predicted molar refractivity (Wildman–Crippen MR) is 131 cm³/mol. The molecule has 34 heavy (non-hydrogen) atoms. The highest BCUT2D eigenvalue weighted by atomic mass is 28.4. The molecule has 0 atom stereocenters. The number of carbonyl (C=O) groups excluding carboxylic acids is 2. The van der Waals surface area contributed by atoms with E-state index in [1.165, 1.54) is 0 Å². The van der Waals surface area contributed by atoms with Gasteiger partial charge in [0.1, 0.15) is 11.6 Å². The van der Waals surface area contributed by atoms with Crippen molar-refractivity contribution in [3.63, 3.8) is 0 Å². The average molecular weight is 520 g/mol. The van der Waals surface area contributed by atoms with E-state index in [-0.39, 0.29) is 0 Å². The molecule has 4 N–H and O–H groups in total. The van der Waals surface area contributed by atoms with Crippen LogP contribution in [0.2, 0.25) is 12.1 Å². The van der Waals surface area contributed by atoms with Crippen molar-refractivity contribution in [2.75, 3.05) is 66.4 Å². The van der Waals surface area contributed by atoms with Gasteiger partial charge in [0.2, 0.25) is 0 Å². The van der Waals surface area contributed by atoms with Gasteiger partial charge in [-0.25, -0.2) is 14.6 Å². The lowest BCUT2D eigenvalue weighted by Gasteiger charge is -2.24. The van der Waals surface area contributed by atoms with Crippen LogP contribution in [0.4, 0.5) is 21.2 Å². The summed E-state index contributed by atoms with van der Waals surface area (Å²) in [6, 6.07) is 5.19. The van der Waals surface area contributed by atoms with Crippen LogP contribution >= 0.6 is 0 Å². The van der Waals surface area contributed by atoms with Crippen LogP contribution in [0.1, 0.15) is 12.8 Å². The Morgan fingerprint density at radius 2 is 1.06 bits per heavy atom. The van der Waals surface area contributed by atoms with Crippen LogP contribution in [0.15, 0.2) is 18.2 Å². The van der Waals surface area contributed by atoms with E-state index in [2.05, 4.69) is 26.3 Å². The predicted octanol–water partition coefficient (Wildman–Crippen LogP) is 1.86. The summed E-state index contributed by atoms with van der Waals surface area (Å²) in [5.74, 6) is 0.585. The number of aromatic nitrogens is 1. The molecule has 1 rings (SSSR count). The quantitative estimate of drug-likeness (QED) is 0.189. The van der Waals surface area contributed by atoms with Gasteiger partial charge in [0.25, 0.3) is 0 Å². The summed E-state index contributed by atoms with van der Waals surface area (Å²) in [6.07, 6.45) is 1.24. The van der Waals surface area contributed by atoms with Gasteiger partial charge in [-0.15, -0.1) is 0 Å². The third-order valence-corrected chi connectivity index (χ3v) is 10.7. The minimum absolute atomic E-state index is 0.292. The van der Waals surface area contributed by atoms with Crippen molar-refractivity contribution in [1.29, 1.82) is 0 Å². The third kappa shape index (κ3) is 10.0. The van der Waals surface area contributed by atoms with Crippen LogP contribution in [-0.2, 0) is 26.6 Å². The molecule has 0 unspecified atom stereocenters. The van der Waals surface area contributed by atoms with Crippen molar-refractivity contribution in [2.45, 2.75) is 24.9 Å². The monoisotopic (exact) mass is 519 g/mol. The van der Waals surface area contributed by atoms with Crippen molar-refractivity contribution in [1.82, 2.24) is 15.6 Å². The number of amides is 4.